The van der Waals surface area contributed by atoms with Crippen molar-refractivity contribution in [3.8, 4) is 0 Å². The minimum absolute atomic E-state index is 0.0746. The second kappa shape index (κ2) is 9.80. The van der Waals surface area contributed by atoms with Crippen LogP contribution in [0.1, 0.15) is 23.6 Å². The summed E-state index contributed by atoms with van der Waals surface area (Å²) in [5.41, 5.74) is 3.88. The van der Waals surface area contributed by atoms with Crippen molar-refractivity contribution in [1.82, 2.24) is 5.32 Å². The van der Waals surface area contributed by atoms with Gasteiger partial charge in [-0.3, -0.25) is 4.79 Å². The van der Waals surface area contributed by atoms with Crippen molar-refractivity contribution in [3.63, 3.8) is 0 Å². The van der Waals surface area contributed by atoms with Crippen molar-refractivity contribution in [2.75, 3.05) is 12.3 Å². The Hall–Kier alpha value is -1.39. The molecule has 0 saturated carbocycles. The van der Waals surface area contributed by atoms with Gasteiger partial charge in [0.15, 0.2) is 0 Å². The molecule has 0 radical (unpaired) electrons. The Balaban J connectivity index is 1.64. The minimum atomic E-state index is -0.0746. The quantitative estimate of drug-likeness (QED) is 0.540. The normalized spacial score (nSPS) is 12.0. The van der Waals surface area contributed by atoms with Gasteiger partial charge in [0, 0.05) is 22.9 Å². The molecule has 0 aliphatic rings. The van der Waals surface area contributed by atoms with Crippen LogP contribution >= 0.6 is 23.5 Å². The molecule has 0 bridgehead atoms. The van der Waals surface area contributed by atoms with Gasteiger partial charge in [-0.25, -0.2) is 0 Å². The summed E-state index contributed by atoms with van der Waals surface area (Å²) < 4.78 is 0. The fraction of sp³-hybridized carbons (Fsp3) is 0.350. The van der Waals surface area contributed by atoms with Crippen LogP contribution in [0.15, 0.2) is 53.4 Å². The first-order valence-corrected chi connectivity index (χ1v) is 10.2. The number of rotatable bonds is 8. The number of amides is 1. The number of carbonyl (C=O) groups excluding carboxylic acids is 1. The van der Waals surface area contributed by atoms with Crippen molar-refractivity contribution >= 4 is 29.4 Å². The SMILES string of the molecule is Cc1ccc(SC(C)C(=O)NCCSCc2cccc(C)c2)cc1. The summed E-state index contributed by atoms with van der Waals surface area (Å²) in [7, 11) is 0. The Labute approximate surface area is 153 Å². The summed E-state index contributed by atoms with van der Waals surface area (Å²) in [6, 6.07) is 16.9. The van der Waals surface area contributed by atoms with E-state index in [0.29, 0.717) is 6.54 Å². The van der Waals surface area contributed by atoms with Crippen LogP contribution in [-0.4, -0.2) is 23.5 Å². The van der Waals surface area contributed by atoms with Gasteiger partial charge in [-0.05, 0) is 38.5 Å². The van der Waals surface area contributed by atoms with Crippen molar-refractivity contribution in [1.29, 1.82) is 0 Å². The zero-order valence-electron chi connectivity index (χ0n) is 14.5. The lowest BCUT2D eigenvalue weighted by atomic mass is 10.2. The lowest BCUT2D eigenvalue weighted by Crippen LogP contribution is -2.32. The van der Waals surface area contributed by atoms with Gasteiger partial charge in [0.1, 0.15) is 0 Å². The van der Waals surface area contributed by atoms with Gasteiger partial charge in [0.2, 0.25) is 5.91 Å². The number of benzene rings is 2. The molecule has 1 N–H and O–H groups in total. The van der Waals surface area contributed by atoms with Crippen LogP contribution in [0.2, 0.25) is 0 Å². The molecule has 0 aliphatic carbocycles. The highest BCUT2D eigenvalue weighted by molar-refractivity contribution is 8.00. The molecule has 4 heteroatoms. The average Bonchev–Trinajstić information content (AvgIpc) is 2.56. The minimum Gasteiger partial charge on any atom is -0.354 e. The molecule has 128 valence electrons. The van der Waals surface area contributed by atoms with Gasteiger partial charge in [0.25, 0.3) is 0 Å². The number of hydrogen-bond donors (Lipinski definition) is 1. The maximum absolute atomic E-state index is 12.2. The summed E-state index contributed by atoms with van der Waals surface area (Å²) >= 11 is 3.46. The van der Waals surface area contributed by atoms with E-state index in [-0.39, 0.29) is 11.2 Å². The molecule has 2 nitrogen and oxygen atoms in total. The van der Waals surface area contributed by atoms with E-state index in [9.17, 15) is 4.79 Å². The van der Waals surface area contributed by atoms with Gasteiger partial charge in [-0.2, -0.15) is 11.8 Å². The van der Waals surface area contributed by atoms with E-state index in [1.165, 1.54) is 16.7 Å². The highest BCUT2D eigenvalue weighted by Gasteiger charge is 2.13. The highest BCUT2D eigenvalue weighted by Crippen LogP contribution is 2.23. The molecule has 0 aromatic heterocycles. The fourth-order valence-electron chi connectivity index (χ4n) is 2.26. The molecule has 1 atom stereocenters. The molecule has 0 spiro atoms. The van der Waals surface area contributed by atoms with E-state index >= 15 is 0 Å². The third-order valence-electron chi connectivity index (χ3n) is 3.60. The largest absolute Gasteiger partial charge is 0.354 e. The van der Waals surface area contributed by atoms with Crippen LogP contribution in [0.25, 0.3) is 0 Å². The molecule has 2 rings (SSSR count). The van der Waals surface area contributed by atoms with Gasteiger partial charge in [0.05, 0.1) is 5.25 Å². The predicted molar refractivity (Wildman–Crippen MR) is 107 cm³/mol. The first kappa shape index (κ1) is 18.9. The van der Waals surface area contributed by atoms with E-state index in [4.69, 9.17) is 0 Å². The average molecular weight is 360 g/mol. The molecular weight excluding hydrogens is 334 g/mol. The molecule has 0 saturated heterocycles. The lowest BCUT2D eigenvalue weighted by Gasteiger charge is -2.12. The molecular formula is C20H25NOS2. The van der Waals surface area contributed by atoms with E-state index in [2.05, 4.69) is 67.7 Å². The van der Waals surface area contributed by atoms with Crippen molar-refractivity contribution in [3.05, 3.63) is 65.2 Å². The maximum atomic E-state index is 12.2. The molecule has 24 heavy (non-hydrogen) atoms. The third kappa shape index (κ3) is 6.62. The van der Waals surface area contributed by atoms with Gasteiger partial charge in [-0.1, -0.05) is 47.5 Å². The smallest absolute Gasteiger partial charge is 0.233 e. The first-order valence-electron chi connectivity index (χ1n) is 8.19. The Morgan fingerprint density at radius 1 is 1.08 bits per heavy atom. The van der Waals surface area contributed by atoms with Crippen LogP contribution in [-0.2, 0) is 10.5 Å². The van der Waals surface area contributed by atoms with Crippen molar-refractivity contribution in [2.45, 2.75) is 36.7 Å². The summed E-state index contributed by atoms with van der Waals surface area (Å²) in [6.07, 6.45) is 0. The monoisotopic (exact) mass is 359 g/mol. The predicted octanol–water partition coefficient (Wildman–Crippen LogP) is 4.83. The van der Waals surface area contributed by atoms with Crippen LogP contribution in [0.3, 0.4) is 0 Å². The zero-order chi connectivity index (χ0) is 17.4. The highest BCUT2D eigenvalue weighted by atomic mass is 32.2. The van der Waals surface area contributed by atoms with Crippen LogP contribution in [0.5, 0.6) is 0 Å². The number of nitrogens with one attached hydrogen (secondary N) is 1. The molecule has 0 fully saturated rings. The molecule has 0 heterocycles. The van der Waals surface area contributed by atoms with Gasteiger partial charge < -0.3 is 5.32 Å². The van der Waals surface area contributed by atoms with Crippen LogP contribution < -0.4 is 5.32 Å². The lowest BCUT2D eigenvalue weighted by molar-refractivity contribution is -0.120. The Morgan fingerprint density at radius 2 is 1.83 bits per heavy atom. The van der Waals surface area contributed by atoms with Crippen molar-refractivity contribution < 1.29 is 4.79 Å². The Bertz CT molecular complexity index is 655. The fourth-order valence-corrected chi connectivity index (χ4v) is 3.95. The van der Waals surface area contributed by atoms with E-state index in [0.717, 1.165) is 16.4 Å². The van der Waals surface area contributed by atoms with E-state index < -0.39 is 0 Å². The first-order chi connectivity index (χ1) is 11.5. The topological polar surface area (TPSA) is 29.1 Å². The van der Waals surface area contributed by atoms with Crippen LogP contribution in [0.4, 0.5) is 0 Å². The van der Waals surface area contributed by atoms with E-state index in [1.807, 2.05) is 18.7 Å². The van der Waals surface area contributed by atoms with Crippen LogP contribution in [0, 0.1) is 13.8 Å². The summed E-state index contributed by atoms with van der Waals surface area (Å²) in [6.45, 7) is 6.86. The van der Waals surface area contributed by atoms with Crippen molar-refractivity contribution in [2.24, 2.45) is 0 Å². The summed E-state index contributed by atoms with van der Waals surface area (Å²) in [5, 5.41) is 2.96. The maximum Gasteiger partial charge on any atom is 0.233 e. The number of aryl methyl sites for hydroxylation is 2. The standard InChI is InChI=1S/C20H25NOS2/c1-15-7-9-19(10-8-15)24-17(3)20(22)21-11-12-23-14-18-6-4-5-16(2)13-18/h4-10,13,17H,11-12,14H2,1-3H3,(H,21,22). The number of carbonyl (C=O) groups is 1. The molecule has 1 amide bonds. The number of hydrogen-bond acceptors (Lipinski definition) is 3. The number of thioether (sulfide) groups is 2. The Morgan fingerprint density at radius 3 is 2.54 bits per heavy atom. The van der Waals surface area contributed by atoms with Gasteiger partial charge in [-0.15, -0.1) is 11.8 Å². The van der Waals surface area contributed by atoms with Gasteiger partial charge >= 0.3 is 0 Å². The molecule has 2 aromatic rings. The summed E-state index contributed by atoms with van der Waals surface area (Å²) in [4.78, 5) is 13.3. The second-order valence-corrected chi connectivity index (χ2v) is 8.43. The van der Waals surface area contributed by atoms with E-state index in [1.54, 1.807) is 11.8 Å². The molecule has 1 unspecified atom stereocenters. The molecule has 0 aliphatic heterocycles. The third-order valence-corrected chi connectivity index (χ3v) is 5.74. The summed E-state index contributed by atoms with van der Waals surface area (Å²) in [5.74, 6) is 2.03. The molecule has 2 aromatic carbocycles. The second-order valence-electron chi connectivity index (χ2n) is 5.91. The Kier molecular flexibility index (Phi) is 7.73. The zero-order valence-corrected chi connectivity index (χ0v) is 16.2.